The van der Waals surface area contributed by atoms with Gasteiger partial charge >= 0.3 is 0 Å². The van der Waals surface area contributed by atoms with Crippen molar-refractivity contribution in [2.24, 2.45) is 10.8 Å². The number of piperidine rings is 1. The van der Waals surface area contributed by atoms with Gasteiger partial charge in [0.15, 0.2) is 0 Å². The zero-order valence-corrected chi connectivity index (χ0v) is 14.1. The molecule has 1 saturated heterocycles. The molecular weight excluding hydrogens is 244 g/mol. The van der Waals surface area contributed by atoms with Crippen molar-refractivity contribution in [1.82, 2.24) is 10.2 Å². The highest BCUT2D eigenvalue weighted by Crippen LogP contribution is 2.41. The van der Waals surface area contributed by atoms with Gasteiger partial charge in [-0.05, 0) is 56.7 Å². The van der Waals surface area contributed by atoms with E-state index in [0.29, 0.717) is 10.8 Å². The van der Waals surface area contributed by atoms with E-state index in [4.69, 9.17) is 0 Å². The number of likely N-dealkylation sites (tertiary alicyclic amines) is 1. The first kappa shape index (κ1) is 16.3. The minimum absolute atomic E-state index is 0.575. The summed E-state index contributed by atoms with van der Waals surface area (Å²) in [7, 11) is 2.13. The summed E-state index contributed by atoms with van der Waals surface area (Å²) in [4.78, 5) is 2.78. The highest BCUT2D eigenvalue weighted by Gasteiger charge is 2.37. The molecule has 1 aliphatic carbocycles. The third-order valence-corrected chi connectivity index (χ3v) is 6.44. The first-order valence-electron chi connectivity index (χ1n) is 9.04. The Kier molecular flexibility index (Phi) is 5.92. The standard InChI is InChI=1S/C18H36N2/c1-4-17(5-2)11-13-20(14-12-17)16-18(15-19-3)9-7-6-8-10-18/h19H,4-16H2,1-3H3. The molecule has 1 heterocycles. The van der Waals surface area contributed by atoms with E-state index < -0.39 is 0 Å². The van der Waals surface area contributed by atoms with Gasteiger partial charge in [-0.25, -0.2) is 0 Å². The Hall–Kier alpha value is -0.0800. The largest absolute Gasteiger partial charge is 0.319 e. The fraction of sp³-hybridized carbons (Fsp3) is 1.00. The summed E-state index contributed by atoms with van der Waals surface area (Å²) in [6, 6.07) is 0. The Bertz CT molecular complexity index is 262. The van der Waals surface area contributed by atoms with Crippen LogP contribution in [0.25, 0.3) is 0 Å². The molecule has 0 aromatic heterocycles. The summed E-state index contributed by atoms with van der Waals surface area (Å²) in [6.45, 7) is 10.0. The Morgan fingerprint density at radius 2 is 1.45 bits per heavy atom. The van der Waals surface area contributed by atoms with Crippen LogP contribution in [0.15, 0.2) is 0 Å². The molecule has 20 heavy (non-hydrogen) atoms. The summed E-state index contributed by atoms with van der Waals surface area (Å²) in [5, 5.41) is 3.48. The van der Waals surface area contributed by atoms with Crippen molar-refractivity contribution in [2.45, 2.75) is 71.6 Å². The number of nitrogens with zero attached hydrogens (tertiary/aromatic N) is 1. The lowest BCUT2D eigenvalue weighted by Crippen LogP contribution is -2.48. The molecule has 0 spiro atoms. The van der Waals surface area contributed by atoms with Crippen LogP contribution in [-0.4, -0.2) is 38.1 Å². The number of hydrogen-bond donors (Lipinski definition) is 1. The predicted molar refractivity (Wildman–Crippen MR) is 88.1 cm³/mol. The van der Waals surface area contributed by atoms with E-state index in [2.05, 4.69) is 31.1 Å². The van der Waals surface area contributed by atoms with Gasteiger partial charge in [-0.3, -0.25) is 0 Å². The van der Waals surface area contributed by atoms with Gasteiger partial charge in [-0.15, -0.1) is 0 Å². The molecule has 2 nitrogen and oxygen atoms in total. The summed E-state index contributed by atoms with van der Waals surface area (Å²) in [6.07, 6.45) is 12.8. The van der Waals surface area contributed by atoms with Crippen molar-refractivity contribution in [3.8, 4) is 0 Å². The average molecular weight is 280 g/mol. The molecule has 0 aromatic rings. The van der Waals surface area contributed by atoms with E-state index in [1.807, 2.05) is 0 Å². The minimum Gasteiger partial charge on any atom is -0.319 e. The Labute approximate surface area is 126 Å². The maximum atomic E-state index is 3.48. The molecule has 2 heteroatoms. The average Bonchev–Trinajstić information content (AvgIpc) is 2.49. The third-order valence-electron chi connectivity index (χ3n) is 6.44. The fourth-order valence-corrected chi connectivity index (χ4v) is 4.68. The van der Waals surface area contributed by atoms with Crippen molar-refractivity contribution in [3.63, 3.8) is 0 Å². The molecule has 1 aliphatic heterocycles. The van der Waals surface area contributed by atoms with Gasteiger partial charge in [0.25, 0.3) is 0 Å². The molecule has 0 aromatic carbocycles. The van der Waals surface area contributed by atoms with E-state index in [9.17, 15) is 0 Å². The van der Waals surface area contributed by atoms with E-state index >= 15 is 0 Å². The van der Waals surface area contributed by atoms with Gasteiger partial charge in [0, 0.05) is 13.1 Å². The van der Waals surface area contributed by atoms with E-state index in [1.165, 1.54) is 84.0 Å². The maximum absolute atomic E-state index is 3.48. The van der Waals surface area contributed by atoms with Crippen LogP contribution < -0.4 is 5.32 Å². The number of hydrogen-bond acceptors (Lipinski definition) is 2. The van der Waals surface area contributed by atoms with Gasteiger partial charge < -0.3 is 10.2 Å². The van der Waals surface area contributed by atoms with Crippen LogP contribution in [0.3, 0.4) is 0 Å². The van der Waals surface area contributed by atoms with Crippen molar-refractivity contribution in [2.75, 3.05) is 33.2 Å². The van der Waals surface area contributed by atoms with Crippen molar-refractivity contribution >= 4 is 0 Å². The van der Waals surface area contributed by atoms with Crippen LogP contribution in [0.1, 0.15) is 71.6 Å². The van der Waals surface area contributed by atoms with E-state index in [-0.39, 0.29) is 0 Å². The summed E-state index contributed by atoms with van der Waals surface area (Å²) < 4.78 is 0. The zero-order valence-electron chi connectivity index (χ0n) is 14.1. The monoisotopic (exact) mass is 280 g/mol. The molecule has 2 rings (SSSR count). The first-order valence-corrected chi connectivity index (χ1v) is 9.04. The highest BCUT2D eigenvalue weighted by atomic mass is 15.1. The van der Waals surface area contributed by atoms with Crippen LogP contribution in [0.5, 0.6) is 0 Å². The molecule has 0 bridgehead atoms. The fourth-order valence-electron chi connectivity index (χ4n) is 4.68. The Morgan fingerprint density at radius 1 is 0.850 bits per heavy atom. The van der Waals surface area contributed by atoms with Crippen LogP contribution in [0.2, 0.25) is 0 Å². The highest BCUT2D eigenvalue weighted by molar-refractivity contribution is 4.91. The number of nitrogens with one attached hydrogen (secondary N) is 1. The molecule has 118 valence electrons. The van der Waals surface area contributed by atoms with Crippen LogP contribution in [0.4, 0.5) is 0 Å². The Balaban J connectivity index is 1.89. The van der Waals surface area contributed by atoms with Crippen LogP contribution >= 0.6 is 0 Å². The lowest BCUT2D eigenvalue weighted by Gasteiger charge is -2.46. The molecule has 0 atom stereocenters. The molecule has 2 aliphatic rings. The second-order valence-electron chi connectivity index (χ2n) is 7.57. The first-order chi connectivity index (χ1) is 9.67. The van der Waals surface area contributed by atoms with E-state index in [0.717, 1.165) is 0 Å². The third kappa shape index (κ3) is 3.76. The molecule has 0 amide bonds. The smallest absolute Gasteiger partial charge is 0.00501 e. The lowest BCUT2D eigenvalue weighted by atomic mass is 9.71. The van der Waals surface area contributed by atoms with Gasteiger partial charge in [0.05, 0.1) is 0 Å². The number of rotatable bonds is 6. The molecule has 0 radical (unpaired) electrons. The molecular formula is C18H36N2. The summed E-state index contributed by atoms with van der Waals surface area (Å²) >= 11 is 0. The van der Waals surface area contributed by atoms with Crippen molar-refractivity contribution < 1.29 is 0 Å². The van der Waals surface area contributed by atoms with E-state index in [1.54, 1.807) is 0 Å². The minimum atomic E-state index is 0.575. The maximum Gasteiger partial charge on any atom is 0.00501 e. The quantitative estimate of drug-likeness (QED) is 0.789. The topological polar surface area (TPSA) is 15.3 Å². The van der Waals surface area contributed by atoms with Gasteiger partial charge in [-0.1, -0.05) is 46.0 Å². The SMILES string of the molecule is CCC1(CC)CCN(CC2(CNC)CCCCC2)CC1. The molecule has 2 fully saturated rings. The van der Waals surface area contributed by atoms with Gasteiger partial charge in [-0.2, -0.15) is 0 Å². The summed E-state index contributed by atoms with van der Waals surface area (Å²) in [5.41, 5.74) is 1.24. The zero-order chi connectivity index (χ0) is 14.5. The molecule has 0 unspecified atom stereocenters. The van der Waals surface area contributed by atoms with Crippen LogP contribution in [0, 0.1) is 10.8 Å². The van der Waals surface area contributed by atoms with Gasteiger partial charge in [0.2, 0.25) is 0 Å². The Morgan fingerprint density at radius 3 is 1.95 bits per heavy atom. The lowest BCUT2D eigenvalue weighted by molar-refractivity contribution is 0.0445. The van der Waals surface area contributed by atoms with Gasteiger partial charge in [0.1, 0.15) is 0 Å². The molecule has 1 N–H and O–H groups in total. The normalized spacial score (nSPS) is 26.6. The van der Waals surface area contributed by atoms with Crippen LogP contribution in [-0.2, 0) is 0 Å². The second-order valence-corrected chi connectivity index (χ2v) is 7.57. The van der Waals surface area contributed by atoms with Crippen molar-refractivity contribution in [3.05, 3.63) is 0 Å². The second kappa shape index (κ2) is 7.26. The van der Waals surface area contributed by atoms with Crippen molar-refractivity contribution in [1.29, 1.82) is 0 Å². The summed E-state index contributed by atoms with van der Waals surface area (Å²) in [5.74, 6) is 0. The predicted octanol–water partition coefficient (Wildman–Crippen LogP) is 4.06. The molecule has 1 saturated carbocycles.